The molecule has 1 aliphatic heterocycles. The standard InChI is InChI=1S/C13H28N2O/c1-12(2)14-8-6-9-15(3)11-13-7-4-5-10-16-13/h12-14H,4-11H2,1-3H3. The molecule has 1 atom stereocenters. The molecular formula is C13H28N2O. The van der Waals surface area contributed by atoms with E-state index in [1.165, 1.54) is 32.2 Å². The SMILES string of the molecule is CC(C)NCCCN(C)CC1CCCCO1. The summed E-state index contributed by atoms with van der Waals surface area (Å²) in [6.45, 7) is 8.74. The molecule has 96 valence electrons. The fourth-order valence-electron chi connectivity index (χ4n) is 2.13. The number of hydrogen-bond acceptors (Lipinski definition) is 3. The van der Waals surface area contributed by atoms with Crippen LogP contribution in [-0.2, 0) is 4.74 Å². The Balaban J connectivity index is 1.99. The van der Waals surface area contributed by atoms with E-state index in [0.29, 0.717) is 12.1 Å². The maximum absolute atomic E-state index is 5.74. The molecule has 1 fully saturated rings. The first-order valence-corrected chi connectivity index (χ1v) is 6.72. The van der Waals surface area contributed by atoms with Crippen LogP contribution in [0.3, 0.4) is 0 Å². The molecule has 3 nitrogen and oxygen atoms in total. The molecule has 0 aromatic heterocycles. The van der Waals surface area contributed by atoms with Gasteiger partial charge in [-0.3, -0.25) is 0 Å². The predicted octanol–water partition coefficient (Wildman–Crippen LogP) is 1.88. The second-order valence-electron chi connectivity index (χ2n) is 5.21. The van der Waals surface area contributed by atoms with Gasteiger partial charge in [0.05, 0.1) is 6.10 Å². The van der Waals surface area contributed by atoms with Crippen molar-refractivity contribution < 1.29 is 4.74 Å². The van der Waals surface area contributed by atoms with Crippen molar-refractivity contribution in [1.29, 1.82) is 0 Å². The summed E-state index contributed by atoms with van der Waals surface area (Å²) in [4.78, 5) is 2.40. The average Bonchev–Trinajstić information content (AvgIpc) is 2.25. The van der Waals surface area contributed by atoms with E-state index in [-0.39, 0.29) is 0 Å². The topological polar surface area (TPSA) is 24.5 Å². The van der Waals surface area contributed by atoms with Crippen molar-refractivity contribution in [2.75, 3.05) is 33.3 Å². The van der Waals surface area contributed by atoms with E-state index in [2.05, 4.69) is 31.1 Å². The van der Waals surface area contributed by atoms with Gasteiger partial charge in [0.2, 0.25) is 0 Å². The van der Waals surface area contributed by atoms with Crippen LogP contribution in [0.5, 0.6) is 0 Å². The maximum atomic E-state index is 5.74. The van der Waals surface area contributed by atoms with Crippen LogP contribution in [0.25, 0.3) is 0 Å². The Morgan fingerprint density at radius 1 is 1.38 bits per heavy atom. The zero-order valence-corrected chi connectivity index (χ0v) is 11.2. The molecule has 0 aliphatic carbocycles. The molecule has 16 heavy (non-hydrogen) atoms. The van der Waals surface area contributed by atoms with Crippen LogP contribution < -0.4 is 5.32 Å². The Hall–Kier alpha value is -0.120. The summed E-state index contributed by atoms with van der Waals surface area (Å²) in [6.07, 6.45) is 5.54. The summed E-state index contributed by atoms with van der Waals surface area (Å²) in [6, 6.07) is 0.604. The highest BCUT2D eigenvalue weighted by Gasteiger charge is 2.15. The molecule has 0 aromatic rings. The van der Waals surface area contributed by atoms with Crippen molar-refractivity contribution in [1.82, 2.24) is 10.2 Å². The first kappa shape index (κ1) is 13.9. The Bertz CT molecular complexity index is 167. The second-order valence-corrected chi connectivity index (χ2v) is 5.21. The Labute approximate surface area is 101 Å². The summed E-state index contributed by atoms with van der Waals surface area (Å²) in [5.74, 6) is 0. The zero-order chi connectivity index (χ0) is 11.8. The van der Waals surface area contributed by atoms with Gasteiger partial charge in [-0.2, -0.15) is 0 Å². The smallest absolute Gasteiger partial charge is 0.0701 e. The number of ether oxygens (including phenoxy) is 1. The largest absolute Gasteiger partial charge is 0.377 e. The zero-order valence-electron chi connectivity index (χ0n) is 11.2. The van der Waals surface area contributed by atoms with Crippen LogP contribution in [0.4, 0.5) is 0 Å². The summed E-state index contributed by atoms with van der Waals surface area (Å²) in [5, 5.41) is 3.45. The van der Waals surface area contributed by atoms with E-state index in [1.54, 1.807) is 0 Å². The highest BCUT2D eigenvalue weighted by Crippen LogP contribution is 2.13. The quantitative estimate of drug-likeness (QED) is 0.673. The van der Waals surface area contributed by atoms with E-state index in [9.17, 15) is 0 Å². The van der Waals surface area contributed by atoms with Gasteiger partial charge >= 0.3 is 0 Å². The molecular weight excluding hydrogens is 200 g/mol. The van der Waals surface area contributed by atoms with Crippen LogP contribution in [0.15, 0.2) is 0 Å². The van der Waals surface area contributed by atoms with Gasteiger partial charge in [0.25, 0.3) is 0 Å². The van der Waals surface area contributed by atoms with Crippen molar-refractivity contribution in [3.05, 3.63) is 0 Å². The predicted molar refractivity (Wildman–Crippen MR) is 68.8 cm³/mol. The lowest BCUT2D eigenvalue weighted by Crippen LogP contribution is -2.35. The summed E-state index contributed by atoms with van der Waals surface area (Å²) in [7, 11) is 2.20. The summed E-state index contributed by atoms with van der Waals surface area (Å²) in [5.41, 5.74) is 0. The molecule has 0 spiro atoms. The molecule has 0 radical (unpaired) electrons. The maximum Gasteiger partial charge on any atom is 0.0701 e. The van der Waals surface area contributed by atoms with E-state index >= 15 is 0 Å². The van der Waals surface area contributed by atoms with Gasteiger partial charge in [-0.1, -0.05) is 13.8 Å². The van der Waals surface area contributed by atoms with Crippen LogP contribution in [0.2, 0.25) is 0 Å². The van der Waals surface area contributed by atoms with Crippen LogP contribution in [0, 0.1) is 0 Å². The van der Waals surface area contributed by atoms with Crippen molar-refractivity contribution >= 4 is 0 Å². The van der Waals surface area contributed by atoms with Gasteiger partial charge in [0, 0.05) is 19.2 Å². The normalized spacial score (nSPS) is 21.9. The highest BCUT2D eigenvalue weighted by molar-refractivity contribution is 4.67. The average molecular weight is 228 g/mol. The third kappa shape index (κ3) is 6.46. The molecule has 0 saturated carbocycles. The third-order valence-corrected chi connectivity index (χ3v) is 3.06. The lowest BCUT2D eigenvalue weighted by atomic mass is 10.1. The molecule has 0 bridgehead atoms. The van der Waals surface area contributed by atoms with Gasteiger partial charge in [-0.25, -0.2) is 0 Å². The van der Waals surface area contributed by atoms with Crippen LogP contribution >= 0.6 is 0 Å². The number of hydrogen-bond donors (Lipinski definition) is 1. The summed E-state index contributed by atoms with van der Waals surface area (Å²) >= 11 is 0. The van der Waals surface area contributed by atoms with Gasteiger partial charge in [-0.05, 0) is 45.8 Å². The minimum absolute atomic E-state index is 0.483. The molecule has 1 unspecified atom stereocenters. The van der Waals surface area contributed by atoms with E-state index in [4.69, 9.17) is 4.74 Å². The molecule has 1 rings (SSSR count). The number of nitrogens with zero attached hydrogens (tertiary/aromatic N) is 1. The lowest BCUT2D eigenvalue weighted by molar-refractivity contribution is -0.00153. The van der Waals surface area contributed by atoms with E-state index in [1.807, 2.05) is 0 Å². The van der Waals surface area contributed by atoms with Gasteiger partial charge in [-0.15, -0.1) is 0 Å². The second kappa shape index (κ2) is 8.04. The van der Waals surface area contributed by atoms with Crippen LogP contribution in [0.1, 0.15) is 39.5 Å². The summed E-state index contributed by atoms with van der Waals surface area (Å²) < 4.78 is 5.74. The highest BCUT2D eigenvalue weighted by atomic mass is 16.5. The lowest BCUT2D eigenvalue weighted by Gasteiger charge is -2.27. The first-order chi connectivity index (χ1) is 7.68. The van der Waals surface area contributed by atoms with Crippen LogP contribution in [-0.4, -0.2) is 50.3 Å². The van der Waals surface area contributed by atoms with Gasteiger partial charge < -0.3 is 15.0 Å². The fourth-order valence-corrected chi connectivity index (χ4v) is 2.13. The molecule has 3 heteroatoms. The Morgan fingerprint density at radius 3 is 2.81 bits per heavy atom. The van der Waals surface area contributed by atoms with Crippen molar-refractivity contribution in [2.24, 2.45) is 0 Å². The fraction of sp³-hybridized carbons (Fsp3) is 1.00. The van der Waals surface area contributed by atoms with Crippen molar-refractivity contribution in [2.45, 2.75) is 51.7 Å². The number of likely N-dealkylation sites (N-methyl/N-ethyl adjacent to an activating group) is 1. The van der Waals surface area contributed by atoms with E-state index in [0.717, 1.165) is 19.7 Å². The van der Waals surface area contributed by atoms with Gasteiger partial charge in [0.1, 0.15) is 0 Å². The minimum Gasteiger partial charge on any atom is -0.377 e. The monoisotopic (exact) mass is 228 g/mol. The van der Waals surface area contributed by atoms with Gasteiger partial charge in [0.15, 0.2) is 0 Å². The van der Waals surface area contributed by atoms with E-state index < -0.39 is 0 Å². The third-order valence-electron chi connectivity index (χ3n) is 3.06. The molecule has 1 N–H and O–H groups in total. The number of rotatable bonds is 7. The molecule has 1 heterocycles. The number of nitrogens with one attached hydrogen (secondary N) is 1. The Morgan fingerprint density at radius 2 is 2.19 bits per heavy atom. The first-order valence-electron chi connectivity index (χ1n) is 6.72. The Kier molecular flexibility index (Phi) is 7.01. The molecule has 0 amide bonds. The van der Waals surface area contributed by atoms with Crippen molar-refractivity contribution in [3.8, 4) is 0 Å². The molecule has 0 aromatic carbocycles. The molecule has 1 saturated heterocycles. The molecule has 1 aliphatic rings. The minimum atomic E-state index is 0.483. The van der Waals surface area contributed by atoms with Crippen molar-refractivity contribution in [3.63, 3.8) is 0 Å².